The maximum absolute atomic E-state index is 6.61. The summed E-state index contributed by atoms with van der Waals surface area (Å²) in [6.07, 6.45) is 0. The van der Waals surface area contributed by atoms with Gasteiger partial charge in [-0.3, -0.25) is 0 Å². The van der Waals surface area contributed by atoms with Crippen LogP contribution in [-0.2, 0) is 0 Å². The van der Waals surface area contributed by atoms with E-state index >= 15 is 0 Å². The van der Waals surface area contributed by atoms with Crippen molar-refractivity contribution in [2.45, 2.75) is 0 Å². The Kier molecular flexibility index (Phi) is 7.25. The van der Waals surface area contributed by atoms with Gasteiger partial charge in [-0.1, -0.05) is 176 Å². The van der Waals surface area contributed by atoms with Gasteiger partial charge in [0.2, 0.25) is 0 Å². The molecule has 1 heteroatoms. The zero-order chi connectivity index (χ0) is 36.3. The molecule has 1 heterocycles. The van der Waals surface area contributed by atoms with Gasteiger partial charge in [0, 0.05) is 16.3 Å². The van der Waals surface area contributed by atoms with Crippen LogP contribution in [0, 0.1) is 0 Å². The highest BCUT2D eigenvalue weighted by atomic mass is 16.3. The van der Waals surface area contributed by atoms with Crippen molar-refractivity contribution in [3.05, 3.63) is 206 Å². The van der Waals surface area contributed by atoms with E-state index in [1.807, 2.05) is 6.07 Å². The summed E-state index contributed by atoms with van der Waals surface area (Å²) < 4.78 is 6.61. The van der Waals surface area contributed by atoms with Gasteiger partial charge in [-0.25, -0.2) is 0 Å². The standard InChI is InChI=1S/C54H34O/c1-3-15-35(16-4-1)51-44-25-9-10-26-45(44)52(36-17-5-2-6-18-36)49-33-40(29-30-46(49)51)38-21-13-20-37(31-38)39-22-14-23-41(32-39)48-34-42-19-7-8-24-43(42)53-47-27-11-12-28-50(47)55-54(48)53/h1-34H. The van der Waals surface area contributed by atoms with E-state index in [0.717, 1.165) is 27.7 Å². The van der Waals surface area contributed by atoms with Gasteiger partial charge in [0.1, 0.15) is 11.2 Å². The first-order chi connectivity index (χ1) is 27.3. The van der Waals surface area contributed by atoms with E-state index in [-0.39, 0.29) is 0 Å². The maximum Gasteiger partial charge on any atom is 0.143 e. The number of para-hydroxylation sites is 1. The highest BCUT2D eigenvalue weighted by Gasteiger charge is 2.19. The minimum atomic E-state index is 0.911. The summed E-state index contributed by atoms with van der Waals surface area (Å²) >= 11 is 0. The quantitative estimate of drug-likeness (QED) is 0.163. The van der Waals surface area contributed by atoms with E-state index in [9.17, 15) is 0 Å². The third kappa shape index (κ3) is 5.16. The second kappa shape index (κ2) is 12.7. The number of hydrogen-bond donors (Lipinski definition) is 0. The van der Waals surface area contributed by atoms with Crippen LogP contribution in [0.25, 0.3) is 110 Å². The molecule has 0 aliphatic rings. The van der Waals surface area contributed by atoms with Gasteiger partial charge in [-0.15, -0.1) is 0 Å². The summed E-state index contributed by atoms with van der Waals surface area (Å²) in [6, 6.07) is 74.7. The molecule has 10 aromatic carbocycles. The van der Waals surface area contributed by atoms with Gasteiger partial charge in [-0.05, 0) is 113 Å². The van der Waals surface area contributed by atoms with Crippen molar-refractivity contribution in [1.82, 2.24) is 0 Å². The summed E-state index contributed by atoms with van der Waals surface area (Å²) in [4.78, 5) is 0. The second-order valence-corrected chi connectivity index (χ2v) is 14.4. The van der Waals surface area contributed by atoms with Gasteiger partial charge in [-0.2, -0.15) is 0 Å². The lowest BCUT2D eigenvalue weighted by molar-refractivity contribution is 0.670. The van der Waals surface area contributed by atoms with E-state index in [0.29, 0.717) is 0 Å². The Balaban J connectivity index is 1.08. The van der Waals surface area contributed by atoms with Crippen molar-refractivity contribution in [3.63, 3.8) is 0 Å². The molecule has 0 fully saturated rings. The smallest absolute Gasteiger partial charge is 0.143 e. The van der Waals surface area contributed by atoms with Gasteiger partial charge >= 0.3 is 0 Å². The molecule has 0 radical (unpaired) electrons. The summed E-state index contributed by atoms with van der Waals surface area (Å²) in [7, 11) is 0. The van der Waals surface area contributed by atoms with Crippen molar-refractivity contribution < 1.29 is 4.42 Å². The van der Waals surface area contributed by atoms with Crippen molar-refractivity contribution in [1.29, 1.82) is 0 Å². The molecule has 0 saturated heterocycles. The lowest BCUT2D eigenvalue weighted by Gasteiger charge is -2.19. The van der Waals surface area contributed by atoms with Crippen molar-refractivity contribution in [3.8, 4) is 55.6 Å². The molecule has 1 aromatic heterocycles. The average Bonchev–Trinajstić information content (AvgIpc) is 3.66. The molecular formula is C54H34O. The first-order valence-electron chi connectivity index (χ1n) is 18.9. The third-order valence-electron chi connectivity index (χ3n) is 11.2. The SMILES string of the molecule is c1ccc(-c2c3ccccc3c(-c3ccccc3)c3cc(-c4cccc(-c5cccc(-c6cc7ccccc7c7c6oc6ccccc67)c5)c4)ccc23)cc1. The van der Waals surface area contributed by atoms with Crippen LogP contribution in [0.15, 0.2) is 211 Å². The Morgan fingerprint density at radius 2 is 0.745 bits per heavy atom. The predicted molar refractivity (Wildman–Crippen MR) is 233 cm³/mol. The number of fused-ring (bicyclic) bond motifs is 7. The molecular weight excluding hydrogens is 665 g/mol. The van der Waals surface area contributed by atoms with Gasteiger partial charge < -0.3 is 4.42 Å². The molecule has 0 aliphatic heterocycles. The topological polar surface area (TPSA) is 13.1 Å². The Morgan fingerprint density at radius 1 is 0.273 bits per heavy atom. The molecule has 0 bridgehead atoms. The number of benzene rings is 10. The molecule has 256 valence electrons. The molecule has 1 nitrogen and oxygen atoms in total. The zero-order valence-electron chi connectivity index (χ0n) is 30.0. The van der Waals surface area contributed by atoms with Crippen LogP contribution in [0.2, 0.25) is 0 Å². The van der Waals surface area contributed by atoms with Crippen molar-refractivity contribution in [2.75, 3.05) is 0 Å². The Hall–Kier alpha value is -7.22. The van der Waals surface area contributed by atoms with Crippen LogP contribution in [0.1, 0.15) is 0 Å². The predicted octanol–water partition coefficient (Wildman–Crippen LogP) is 15.4. The van der Waals surface area contributed by atoms with Crippen LogP contribution in [0.3, 0.4) is 0 Å². The Labute approximate surface area is 319 Å². The van der Waals surface area contributed by atoms with E-state index < -0.39 is 0 Å². The summed E-state index contributed by atoms with van der Waals surface area (Å²) in [5.74, 6) is 0. The molecule has 0 saturated carbocycles. The molecule has 0 unspecified atom stereocenters. The maximum atomic E-state index is 6.61. The number of rotatable bonds is 5. The van der Waals surface area contributed by atoms with Crippen LogP contribution in [0.5, 0.6) is 0 Å². The summed E-state index contributed by atoms with van der Waals surface area (Å²) in [5.41, 5.74) is 13.8. The monoisotopic (exact) mass is 698 g/mol. The lowest BCUT2D eigenvalue weighted by atomic mass is 9.84. The molecule has 0 aliphatic carbocycles. The third-order valence-corrected chi connectivity index (χ3v) is 11.2. The largest absolute Gasteiger partial charge is 0.455 e. The van der Waals surface area contributed by atoms with Crippen molar-refractivity contribution in [2.24, 2.45) is 0 Å². The van der Waals surface area contributed by atoms with Crippen molar-refractivity contribution >= 4 is 54.3 Å². The first-order valence-corrected chi connectivity index (χ1v) is 18.9. The zero-order valence-corrected chi connectivity index (χ0v) is 30.0. The minimum Gasteiger partial charge on any atom is -0.455 e. The molecule has 0 amide bonds. The van der Waals surface area contributed by atoms with Crippen LogP contribution < -0.4 is 0 Å². The number of furan rings is 1. The fraction of sp³-hybridized carbons (Fsp3) is 0. The highest BCUT2D eigenvalue weighted by molar-refractivity contribution is 6.23. The molecule has 11 rings (SSSR count). The highest BCUT2D eigenvalue weighted by Crippen LogP contribution is 2.46. The van der Waals surface area contributed by atoms with E-state index in [4.69, 9.17) is 4.42 Å². The van der Waals surface area contributed by atoms with Crippen LogP contribution in [-0.4, -0.2) is 0 Å². The molecule has 0 N–H and O–H groups in total. The fourth-order valence-electron chi connectivity index (χ4n) is 8.72. The fourth-order valence-corrected chi connectivity index (χ4v) is 8.72. The van der Waals surface area contributed by atoms with Gasteiger partial charge in [0.15, 0.2) is 0 Å². The second-order valence-electron chi connectivity index (χ2n) is 14.4. The minimum absolute atomic E-state index is 0.911. The van der Waals surface area contributed by atoms with E-state index in [2.05, 4.69) is 200 Å². The molecule has 55 heavy (non-hydrogen) atoms. The Bertz CT molecular complexity index is 3240. The summed E-state index contributed by atoms with van der Waals surface area (Å²) in [5, 5.41) is 9.77. The van der Waals surface area contributed by atoms with Crippen LogP contribution >= 0.6 is 0 Å². The Morgan fingerprint density at radius 3 is 1.42 bits per heavy atom. The van der Waals surface area contributed by atoms with Crippen LogP contribution in [0.4, 0.5) is 0 Å². The van der Waals surface area contributed by atoms with E-state index in [1.165, 1.54) is 82.2 Å². The number of hydrogen-bond acceptors (Lipinski definition) is 1. The average molecular weight is 699 g/mol. The molecule has 0 spiro atoms. The van der Waals surface area contributed by atoms with E-state index in [1.54, 1.807) is 0 Å². The summed E-state index contributed by atoms with van der Waals surface area (Å²) in [6.45, 7) is 0. The van der Waals surface area contributed by atoms with Gasteiger partial charge in [0.05, 0.1) is 0 Å². The first kappa shape index (κ1) is 31.3. The normalized spacial score (nSPS) is 11.6. The lowest BCUT2D eigenvalue weighted by Crippen LogP contribution is -1.91. The molecule has 11 aromatic rings. The van der Waals surface area contributed by atoms with Gasteiger partial charge in [0.25, 0.3) is 0 Å². The molecule has 0 atom stereocenters.